The van der Waals surface area contributed by atoms with Gasteiger partial charge < -0.3 is 20.5 Å². The lowest BCUT2D eigenvalue weighted by atomic mass is 9.71. The predicted octanol–water partition coefficient (Wildman–Crippen LogP) is 2.94. The number of hydrogen-bond acceptors (Lipinski definition) is 4. The van der Waals surface area contributed by atoms with Gasteiger partial charge in [0.05, 0.1) is 19.9 Å². The number of carbonyl (C=O) groups excluding carboxylic acids is 1. The van der Waals surface area contributed by atoms with Crippen LogP contribution in [-0.2, 0) is 4.79 Å². The first-order valence-corrected chi connectivity index (χ1v) is 7.84. The van der Waals surface area contributed by atoms with E-state index < -0.39 is 0 Å². The van der Waals surface area contributed by atoms with E-state index >= 15 is 0 Å². The van der Waals surface area contributed by atoms with E-state index in [1.165, 1.54) is 6.42 Å². The Bertz CT molecular complexity index is 511. The number of anilines is 1. The molecule has 122 valence electrons. The maximum Gasteiger partial charge on any atom is 0.225 e. The maximum absolute atomic E-state index is 12.4. The van der Waals surface area contributed by atoms with Gasteiger partial charge in [0.1, 0.15) is 11.5 Å². The van der Waals surface area contributed by atoms with Crippen LogP contribution < -0.4 is 20.5 Å². The zero-order valence-electron chi connectivity index (χ0n) is 13.5. The minimum Gasteiger partial charge on any atom is -0.497 e. The number of nitrogens with two attached hydrogens (primary N) is 1. The molecule has 0 saturated heterocycles. The van der Waals surface area contributed by atoms with Crippen molar-refractivity contribution in [3.8, 4) is 11.5 Å². The number of nitrogens with one attached hydrogen (secondary N) is 1. The highest BCUT2D eigenvalue weighted by Gasteiger charge is 2.33. The molecule has 0 atom stereocenters. The minimum atomic E-state index is -0.0472. The van der Waals surface area contributed by atoms with E-state index in [-0.39, 0.29) is 11.3 Å². The third kappa shape index (κ3) is 3.91. The molecule has 5 heteroatoms. The van der Waals surface area contributed by atoms with Crippen molar-refractivity contribution in [2.75, 3.05) is 26.1 Å². The summed E-state index contributed by atoms with van der Waals surface area (Å²) in [4.78, 5) is 12.4. The molecule has 0 unspecified atom stereocenters. The van der Waals surface area contributed by atoms with Crippen LogP contribution in [0.25, 0.3) is 0 Å². The van der Waals surface area contributed by atoms with Crippen LogP contribution >= 0.6 is 0 Å². The van der Waals surface area contributed by atoms with Gasteiger partial charge in [-0.2, -0.15) is 0 Å². The zero-order valence-corrected chi connectivity index (χ0v) is 13.5. The molecule has 1 fully saturated rings. The van der Waals surface area contributed by atoms with Gasteiger partial charge in [-0.15, -0.1) is 0 Å². The predicted molar refractivity (Wildman–Crippen MR) is 87.4 cm³/mol. The van der Waals surface area contributed by atoms with Gasteiger partial charge >= 0.3 is 0 Å². The van der Waals surface area contributed by atoms with Crippen LogP contribution in [0.4, 0.5) is 5.69 Å². The van der Waals surface area contributed by atoms with Crippen LogP contribution in [0.3, 0.4) is 0 Å². The molecule has 0 spiro atoms. The summed E-state index contributed by atoms with van der Waals surface area (Å²) in [5.41, 5.74) is 6.54. The molecule has 1 aliphatic carbocycles. The molecule has 1 saturated carbocycles. The maximum atomic E-state index is 12.4. The van der Waals surface area contributed by atoms with Crippen molar-refractivity contribution < 1.29 is 14.3 Å². The van der Waals surface area contributed by atoms with E-state index in [1.54, 1.807) is 32.4 Å². The molecule has 0 aromatic heterocycles. The summed E-state index contributed by atoms with van der Waals surface area (Å²) in [5, 5.41) is 2.94. The molecule has 0 radical (unpaired) electrons. The largest absolute Gasteiger partial charge is 0.497 e. The normalized spacial score (nSPS) is 16.9. The Morgan fingerprint density at radius 2 is 1.95 bits per heavy atom. The average molecular weight is 306 g/mol. The highest BCUT2D eigenvalue weighted by molar-refractivity contribution is 5.93. The molecule has 22 heavy (non-hydrogen) atoms. The Morgan fingerprint density at radius 1 is 1.23 bits per heavy atom. The first-order chi connectivity index (χ1) is 10.6. The molecule has 1 aliphatic rings. The average Bonchev–Trinajstić information content (AvgIpc) is 2.55. The van der Waals surface area contributed by atoms with E-state index in [9.17, 15) is 4.79 Å². The fourth-order valence-corrected chi connectivity index (χ4v) is 3.20. The van der Waals surface area contributed by atoms with Crippen molar-refractivity contribution in [1.29, 1.82) is 0 Å². The molecule has 1 amide bonds. The van der Waals surface area contributed by atoms with Crippen molar-refractivity contribution in [3.05, 3.63) is 18.2 Å². The molecule has 5 nitrogen and oxygen atoms in total. The monoisotopic (exact) mass is 306 g/mol. The Hall–Kier alpha value is -1.75. The summed E-state index contributed by atoms with van der Waals surface area (Å²) in [6, 6.07) is 5.36. The number of hydrogen-bond donors (Lipinski definition) is 2. The van der Waals surface area contributed by atoms with E-state index in [2.05, 4.69) is 5.32 Å². The van der Waals surface area contributed by atoms with Crippen LogP contribution in [0.2, 0.25) is 0 Å². The second-order valence-corrected chi connectivity index (χ2v) is 6.06. The van der Waals surface area contributed by atoms with E-state index in [0.29, 0.717) is 30.2 Å². The highest BCUT2D eigenvalue weighted by Crippen LogP contribution is 2.39. The zero-order chi connectivity index (χ0) is 16.0. The standard InChI is InChI=1S/C17H26N2O3/c1-21-13-6-7-15(22-2)14(10-13)19-16(20)11-17(12-18)8-4-3-5-9-17/h6-7,10H,3-5,8-9,11-12,18H2,1-2H3,(H,19,20). The van der Waals surface area contributed by atoms with Crippen LogP contribution in [0.1, 0.15) is 38.5 Å². The van der Waals surface area contributed by atoms with E-state index in [0.717, 1.165) is 25.7 Å². The summed E-state index contributed by atoms with van der Waals surface area (Å²) >= 11 is 0. The molecule has 2 rings (SSSR count). The van der Waals surface area contributed by atoms with Crippen molar-refractivity contribution >= 4 is 11.6 Å². The molecule has 0 heterocycles. The molecular weight excluding hydrogens is 280 g/mol. The topological polar surface area (TPSA) is 73.6 Å². The van der Waals surface area contributed by atoms with Gasteiger partial charge in [0.15, 0.2) is 0 Å². The highest BCUT2D eigenvalue weighted by atomic mass is 16.5. The second-order valence-electron chi connectivity index (χ2n) is 6.06. The molecular formula is C17H26N2O3. The fraction of sp³-hybridized carbons (Fsp3) is 0.588. The molecule has 0 aliphatic heterocycles. The van der Waals surface area contributed by atoms with Crippen LogP contribution in [-0.4, -0.2) is 26.7 Å². The van der Waals surface area contributed by atoms with Crippen LogP contribution in [0.15, 0.2) is 18.2 Å². The molecule has 3 N–H and O–H groups in total. The van der Waals surface area contributed by atoms with Crippen molar-refractivity contribution in [2.24, 2.45) is 11.1 Å². The van der Waals surface area contributed by atoms with Gasteiger partial charge in [0, 0.05) is 12.5 Å². The quantitative estimate of drug-likeness (QED) is 0.847. The Kier molecular flexibility index (Phi) is 5.66. The van der Waals surface area contributed by atoms with Gasteiger partial charge in [-0.05, 0) is 36.9 Å². The Labute approximate surface area is 132 Å². The van der Waals surface area contributed by atoms with E-state index in [1.807, 2.05) is 0 Å². The third-order valence-electron chi connectivity index (χ3n) is 4.56. The number of amides is 1. The molecule has 1 aromatic carbocycles. The molecule has 0 bridgehead atoms. The third-order valence-corrected chi connectivity index (χ3v) is 4.56. The number of methoxy groups -OCH3 is 2. The molecule has 1 aromatic rings. The lowest BCUT2D eigenvalue weighted by Crippen LogP contribution is -2.36. The van der Waals surface area contributed by atoms with Gasteiger partial charge in [0.2, 0.25) is 5.91 Å². The van der Waals surface area contributed by atoms with Crippen molar-refractivity contribution in [3.63, 3.8) is 0 Å². The summed E-state index contributed by atoms with van der Waals surface area (Å²) in [6.07, 6.45) is 6.09. The first-order valence-electron chi connectivity index (χ1n) is 7.84. The second kappa shape index (κ2) is 7.49. The number of carbonyl (C=O) groups is 1. The summed E-state index contributed by atoms with van der Waals surface area (Å²) < 4.78 is 10.5. The lowest BCUT2D eigenvalue weighted by molar-refractivity contribution is -0.118. The fourth-order valence-electron chi connectivity index (χ4n) is 3.20. The van der Waals surface area contributed by atoms with Crippen molar-refractivity contribution in [2.45, 2.75) is 38.5 Å². The Morgan fingerprint density at radius 3 is 2.55 bits per heavy atom. The summed E-state index contributed by atoms with van der Waals surface area (Å²) in [7, 11) is 3.18. The van der Waals surface area contributed by atoms with E-state index in [4.69, 9.17) is 15.2 Å². The minimum absolute atomic E-state index is 0.0149. The summed E-state index contributed by atoms with van der Waals surface area (Å²) in [5.74, 6) is 1.29. The van der Waals surface area contributed by atoms with Crippen molar-refractivity contribution in [1.82, 2.24) is 0 Å². The number of ether oxygens (including phenoxy) is 2. The van der Waals surface area contributed by atoms with Gasteiger partial charge in [0.25, 0.3) is 0 Å². The van der Waals surface area contributed by atoms with Crippen LogP contribution in [0, 0.1) is 5.41 Å². The first kappa shape index (κ1) is 16.6. The number of rotatable bonds is 6. The summed E-state index contributed by atoms with van der Waals surface area (Å²) in [6.45, 7) is 0.565. The lowest BCUT2D eigenvalue weighted by Gasteiger charge is -2.35. The van der Waals surface area contributed by atoms with Gasteiger partial charge in [-0.3, -0.25) is 4.79 Å². The Balaban J connectivity index is 2.07. The van der Waals surface area contributed by atoms with Gasteiger partial charge in [-0.1, -0.05) is 19.3 Å². The number of benzene rings is 1. The van der Waals surface area contributed by atoms with Gasteiger partial charge in [-0.25, -0.2) is 0 Å². The SMILES string of the molecule is COc1ccc(OC)c(NC(=O)CC2(CN)CCCCC2)c1. The van der Waals surface area contributed by atoms with Crippen LogP contribution in [0.5, 0.6) is 11.5 Å². The smallest absolute Gasteiger partial charge is 0.225 e.